The predicted octanol–water partition coefficient (Wildman–Crippen LogP) is 2.77. The first-order valence-electron chi connectivity index (χ1n) is 5.69. The maximum Gasteiger partial charge on any atom is 0.401 e. The van der Waals surface area contributed by atoms with Crippen LogP contribution in [-0.2, 0) is 4.79 Å². The van der Waals surface area contributed by atoms with Crippen LogP contribution in [0.1, 0.15) is 39.0 Å². The van der Waals surface area contributed by atoms with Crippen LogP contribution >= 0.6 is 0 Å². The molecule has 1 fully saturated rings. The zero-order chi connectivity index (χ0) is 12.2. The number of ketones is 1. The van der Waals surface area contributed by atoms with Gasteiger partial charge in [-0.15, -0.1) is 0 Å². The molecule has 5 heteroatoms. The Balaban J connectivity index is 2.62. The van der Waals surface area contributed by atoms with Crippen molar-refractivity contribution in [3.63, 3.8) is 0 Å². The van der Waals surface area contributed by atoms with Gasteiger partial charge < -0.3 is 0 Å². The van der Waals surface area contributed by atoms with Crippen molar-refractivity contribution in [3.8, 4) is 0 Å². The quantitative estimate of drug-likeness (QED) is 0.752. The topological polar surface area (TPSA) is 20.3 Å². The fourth-order valence-electron chi connectivity index (χ4n) is 2.24. The van der Waals surface area contributed by atoms with Crippen LogP contribution in [0.4, 0.5) is 13.2 Å². The number of carbonyl (C=O) groups is 1. The van der Waals surface area contributed by atoms with Crippen molar-refractivity contribution in [2.24, 2.45) is 0 Å². The molecule has 0 spiro atoms. The van der Waals surface area contributed by atoms with Gasteiger partial charge in [-0.3, -0.25) is 9.69 Å². The Morgan fingerprint density at radius 1 is 1.31 bits per heavy atom. The van der Waals surface area contributed by atoms with E-state index in [9.17, 15) is 18.0 Å². The lowest BCUT2D eigenvalue weighted by molar-refractivity contribution is -0.152. The van der Waals surface area contributed by atoms with Gasteiger partial charge in [-0.2, -0.15) is 13.2 Å². The highest BCUT2D eigenvalue weighted by atomic mass is 19.4. The van der Waals surface area contributed by atoms with Crippen molar-refractivity contribution in [2.45, 2.75) is 51.2 Å². The maximum absolute atomic E-state index is 12.4. The average Bonchev–Trinajstić information content (AvgIpc) is 2.28. The first kappa shape index (κ1) is 13.5. The number of hydrogen-bond acceptors (Lipinski definition) is 2. The van der Waals surface area contributed by atoms with Crippen molar-refractivity contribution in [1.82, 2.24) is 4.90 Å². The molecule has 0 aliphatic carbocycles. The van der Waals surface area contributed by atoms with Gasteiger partial charge in [0.25, 0.3) is 0 Å². The molecule has 1 unspecified atom stereocenters. The standard InChI is InChI=1S/C11H18F3NO/c1-9(16)7-10-5-3-2-4-6-15(10)8-11(12,13)14/h10H,2-8H2,1H3. The molecule has 0 N–H and O–H groups in total. The highest BCUT2D eigenvalue weighted by molar-refractivity contribution is 5.76. The SMILES string of the molecule is CC(=O)CC1CCCCCN1CC(F)(F)F. The Morgan fingerprint density at radius 2 is 2.00 bits per heavy atom. The van der Waals surface area contributed by atoms with E-state index in [-0.39, 0.29) is 18.2 Å². The molecule has 0 bridgehead atoms. The van der Waals surface area contributed by atoms with Crippen LogP contribution in [0.15, 0.2) is 0 Å². The number of alkyl halides is 3. The minimum Gasteiger partial charge on any atom is -0.300 e. The molecule has 1 aliphatic heterocycles. The van der Waals surface area contributed by atoms with Crippen LogP contribution in [0.5, 0.6) is 0 Å². The lowest BCUT2D eigenvalue weighted by Crippen LogP contribution is -2.42. The number of rotatable bonds is 3. The number of hydrogen-bond donors (Lipinski definition) is 0. The second-order valence-electron chi connectivity index (χ2n) is 4.49. The molecule has 2 nitrogen and oxygen atoms in total. The molecule has 1 heterocycles. The molecular formula is C11H18F3NO. The first-order valence-corrected chi connectivity index (χ1v) is 5.69. The lowest BCUT2D eigenvalue weighted by atomic mass is 10.0. The maximum atomic E-state index is 12.4. The fourth-order valence-corrected chi connectivity index (χ4v) is 2.24. The summed E-state index contributed by atoms with van der Waals surface area (Å²) in [5.74, 6) is -0.0286. The number of Topliss-reactive ketones (excluding diaryl/α,β-unsaturated/α-hetero) is 1. The zero-order valence-electron chi connectivity index (χ0n) is 9.52. The van der Waals surface area contributed by atoms with Crippen LogP contribution in [0, 0.1) is 0 Å². The normalized spacial score (nSPS) is 24.1. The predicted molar refractivity (Wildman–Crippen MR) is 55.2 cm³/mol. The van der Waals surface area contributed by atoms with E-state index in [0.29, 0.717) is 13.0 Å². The summed E-state index contributed by atoms with van der Waals surface area (Å²) >= 11 is 0. The van der Waals surface area contributed by atoms with E-state index in [0.717, 1.165) is 19.3 Å². The Hall–Kier alpha value is -0.580. The molecule has 0 radical (unpaired) electrons. The second-order valence-corrected chi connectivity index (χ2v) is 4.49. The molecule has 0 aromatic rings. The van der Waals surface area contributed by atoms with Gasteiger partial charge in [-0.25, -0.2) is 0 Å². The van der Waals surface area contributed by atoms with Gasteiger partial charge in [0.1, 0.15) is 5.78 Å². The van der Waals surface area contributed by atoms with Crippen molar-refractivity contribution in [3.05, 3.63) is 0 Å². The van der Waals surface area contributed by atoms with Gasteiger partial charge in [0.15, 0.2) is 0 Å². The molecule has 1 saturated heterocycles. The lowest BCUT2D eigenvalue weighted by Gasteiger charge is -2.29. The van der Waals surface area contributed by atoms with Crippen molar-refractivity contribution in [1.29, 1.82) is 0 Å². The molecule has 0 aromatic heterocycles. The molecule has 0 saturated carbocycles. The van der Waals surface area contributed by atoms with E-state index in [1.165, 1.54) is 11.8 Å². The van der Waals surface area contributed by atoms with Crippen molar-refractivity contribution >= 4 is 5.78 Å². The minimum absolute atomic E-state index is 0.0286. The Bertz CT molecular complexity index is 240. The van der Waals surface area contributed by atoms with E-state index in [4.69, 9.17) is 0 Å². The van der Waals surface area contributed by atoms with Crippen LogP contribution in [0.2, 0.25) is 0 Å². The first-order chi connectivity index (χ1) is 7.38. The van der Waals surface area contributed by atoms with Crippen LogP contribution in [0.3, 0.4) is 0 Å². The zero-order valence-corrected chi connectivity index (χ0v) is 9.52. The summed E-state index contributed by atoms with van der Waals surface area (Å²) < 4.78 is 37.1. The highest BCUT2D eigenvalue weighted by Gasteiger charge is 2.34. The van der Waals surface area contributed by atoms with E-state index in [2.05, 4.69) is 0 Å². The summed E-state index contributed by atoms with van der Waals surface area (Å²) in [7, 11) is 0. The summed E-state index contributed by atoms with van der Waals surface area (Å²) in [4.78, 5) is 12.5. The van der Waals surface area contributed by atoms with Gasteiger partial charge in [-0.1, -0.05) is 12.8 Å². The number of nitrogens with zero attached hydrogens (tertiary/aromatic N) is 1. The van der Waals surface area contributed by atoms with E-state index in [1.807, 2.05) is 0 Å². The van der Waals surface area contributed by atoms with Crippen LogP contribution in [0.25, 0.3) is 0 Å². The molecule has 16 heavy (non-hydrogen) atoms. The van der Waals surface area contributed by atoms with Crippen LogP contribution in [-0.4, -0.2) is 36.0 Å². The number of likely N-dealkylation sites (tertiary alicyclic amines) is 1. The van der Waals surface area contributed by atoms with Gasteiger partial charge in [0.2, 0.25) is 0 Å². The third kappa shape index (κ3) is 4.96. The van der Waals surface area contributed by atoms with Crippen molar-refractivity contribution < 1.29 is 18.0 Å². The fraction of sp³-hybridized carbons (Fsp3) is 0.909. The summed E-state index contributed by atoms with van der Waals surface area (Å²) in [5.41, 5.74) is 0. The van der Waals surface area contributed by atoms with E-state index in [1.54, 1.807) is 0 Å². The van der Waals surface area contributed by atoms with Gasteiger partial charge in [-0.05, 0) is 26.3 Å². The van der Waals surface area contributed by atoms with Gasteiger partial charge in [0.05, 0.1) is 6.54 Å². The molecule has 0 amide bonds. The Labute approximate surface area is 93.8 Å². The summed E-state index contributed by atoms with van der Waals surface area (Å²) in [6.45, 7) is 1.01. The van der Waals surface area contributed by atoms with Crippen molar-refractivity contribution in [2.75, 3.05) is 13.1 Å². The smallest absolute Gasteiger partial charge is 0.300 e. The van der Waals surface area contributed by atoms with Crippen LogP contribution < -0.4 is 0 Å². The molecule has 0 aromatic carbocycles. The summed E-state index contributed by atoms with van der Waals surface area (Å²) in [5, 5.41) is 0. The molecule has 1 aliphatic rings. The highest BCUT2D eigenvalue weighted by Crippen LogP contribution is 2.24. The van der Waals surface area contributed by atoms with Gasteiger partial charge >= 0.3 is 6.18 Å². The van der Waals surface area contributed by atoms with E-state index >= 15 is 0 Å². The van der Waals surface area contributed by atoms with Gasteiger partial charge in [0, 0.05) is 12.5 Å². The molecule has 1 rings (SSSR count). The summed E-state index contributed by atoms with van der Waals surface area (Å²) in [6, 6.07) is -0.221. The number of carbonyl (C=O) groups excluding carboxylic acids is 1. The third-order valence-corrected chi connectivity index (χ3v) is 2.90. The summed E-state index contributed by atoms with van der Waals surface area (Å²) in [6.07, 6.45) is -0.537. The molecular weight excluding hydrogens is 219 g/mol. The molecule has 1 atom stereocenters. The van der Waals surface area contributed by atoms with E-state index < -0.39 is 12.7 Å². The second kappa shape index (κ2) is 5.66. The monoisotopic (exact) mass is 237 g/mol. The minimum atomic E-state index is -4.17. The average molecular weight is 237 g/mol. The third-order valence-electron chi connectivity index (χ3n) is 2.90. The Morgan fingerprint density at radius 3 is 2.56 bits per heavy atom. The Kier molecular flexibility index (Phi) is 4.77. The molecule has 94 valence electrons. The number of halogens is 3. The largest absolute Gasteiger partial charge is 0.401 e.